The number of hydrogen-bond acceptors (Lipinski definition) is 6. The van der Waals surface area contributed by atoms with E-state index in [0.717, 1.165) is 33.4 Å². The molecule has 0 atom stereocenters. The van der Waals surface area contributed by atoms with E-state index in [4.69, 9.17) is 0 Å². The number of aryl methyl sites for hydroxylation is 2. The summed E-state index contributed by atoms with van der Waals surface area (Å²) in [5, 5.41) is 18.6. The van der Waals surface area contributed by atoms with Gasteiger partial charge in [0, 0.05) is 45.8 Å². The quantitative estimate of drug-likeness (QED) is 0.161. The van der Waals surface area contributed by atoms with E-state index in [-0.39, 0.29) is 11.1 Å². The van der Waals surface area contributed by atoms with Gasteiger partial charge in [-0.15, -0.1) is 0 Å². The van der Waals surface area contributed by atoms with Gasteiger partial charge in [-0.05, 0) is 72.5 Å². The van der Waals surface area contributed by atoms with Crippen molar-refractivity contribution in [2.75, 3.05) is 0 Å². The minimum atomic E-state index is -3.98. The molecule has 2 aromatic heterocycles. The molecule has 0 amide bonds. The summed E-state index contributed by atoms with van der Waals surface area (Å²) in [7, 11) is -3.98. The molecule has 0 spiro atoms. The number of hydrogen-bond donors (Lipinski definition) is 0. The summed E-state index contributed by atoms with van der Waals surface area (Å²) in [6.07, 6.45) is 3.18. The maximum atomic E-state index is 15.4. The van der Waals surface area contributed by atoms with Crippen molar-refractivity contribution < 1.29 is 17.2 Å². The predicted octanol–water partition coefficient (Wildman–Crippen LogP) is 8.90. The number of rotatable bonds is 8. The molecule has 0 saturated heterocycles. The lowest BCUT2D eigenvalue weighted by Gasteiger charge is -2.13. The van der Waals surface area contributed by atoms with Gasteiger partial charge in [-0.25, -0.2) is 17.2 Å². The first-order chi connectivity index (χ1) is 23.6. The van der Waals surface area contributed by atoms with E-state index < -0.39 is 33.0 Å². The minimum Gasteiger partial charge on any atom is -0.256 e. The second-order valence-corrected chi connectivity index (χ2v) is 13.8. The molecule has 6 rings (SSSR count). The summed E-state index contributed by atoms with van der Waals surface area (Å²) in [6, 6.07) is 30.9. The first-order valence-electron chi connectivity index (χ1n) is 15.3. The summed E-state index contributed by atoms with van der Waals surface area (Å²) in [5.41, 5.74) is 7.65. The molecule has 0 N–H and O–H groups in total. The monoisotopic (exact) mass is 666 g/mol. The van der Waals surface area contributed by atoms with Gasteiger partial charge >= 0.3 is 0 Å². The fraction of sp³-hybridized carbons (Fsp3) is 0.100. The van der Waals surface area contributed by atoms with Crippen molar-refractivity contribution in [2.24, 2.45) is 0 Å². The van der Waals surface area contributed by atoms with Crippen LogP contribution >= 0.6 is 0 Å². The minimum absolute atomic E-state index is 0.0386. The molecule has 6 aromatic rings. The van der Waals surface area contributed by atoms with Crippen molar-refractivity contribution in [1.29, 1.82) is 10.5 Å². The first kappa shape index (κ1) is 32.9. The summed E-state index contributed by atoms with van der Waals surface area (Å²) in [6.45, 7) is 3.67. The number of benzene rings is 4. The number of nitrogens with zero attached hydrogens (tertiary/aromatic N) is 4. The average Bonchev–Trinajstić information content (AvgIpc) is 3.10. The largest absolute Gasteiger partial charge is 0.256 e. The number of aromatic nitrogens is 2. The second-order valence-electron chi connectivity index (χ2n) is 11.7. The highest BCUT2D eigenvalue weighted by Crippen LogP contribution is 2.34. The van der Waals surface area contributed by atoms with Gasteiger partial charge in [0.05, 0.1) is 46.2 Å². The van der Waals surface area contributed by atoms with Crippen LogP contribution in [0, 0.1) is 48.1 Å². The van der Waals surface area contributed by atoms with Crippen LogP contribution in [0.25, 0.3) is 44.8 Å². The highest BCUT2D eigenvalue weighted by atomic mass is 32.2. The zero-order valence-corrected chi connectivity index (χ0v) is 27.4. The van der Waals surface area contributed by atoms with Gasteiger partial charge in [0.15, 0.2) is 9.84 Å². The lowest BCUT2D eigenvalue weighted by atomic mass is 9.96. The molecule has 240 valence electrons. The van der Waals surface area contributed by atoms with Gasteiger partial charge in [-0.3, -0.25) is 9.97 Å². The lowest BCUT2D eigenvalue weighted by molar-refractivity contribution is 0.581. The van der Waals surface area contributed by atoms with E-state index in [9.17, 15) is 18.9 Å². The molecule has 0 aliphatic heterocycles. The number of pyridine rings is 2. The molecule has 4 aromatic carbocycles. The third-order valence-corrected chi connectivity index (χ3v) is 9.84. The smallest absolute Gasteiger partial charge is 0.158 e. The average molecular weight is 667 g/mol. The van der Waals surface area contributed by atoms with Crippen molar-refractivity contribution in [3.8, 4) is 56.9 Å². The Morgan fingerprint density at radius 3 is 1.37 bits per heavy atom. The third kappa shape index (κ3) is 6.99. The van der Waals surface area contributed by atoms with Crippen LogP contribution in [0.2, 0.25) is 0 Å². The van der Waals surface area contributed by atoms with Crippen LogP contribution in [0.1, 0.15) is 33.4 Å². The predicted molar refractivity (Wildman–Crippen MR) is 185 cm³/mol. The molecule has 0 saturated carbocycles. The van der Waals surface area contributed by atoms with E-state index in [1.807, 2.05) is 38.1 Å². The highest BCUT2D eigenvalue weighted by Gasteiger charge is 2.21. The van der Waals surface area contributed by atoms with Crippen LogP contribution in [0.15, 0.2) is 109 Å². The van der Waals surface area contributed by atoms with E-state index >= 15 is 8.78 Å². The number of sulfone groups is 1. The molecule has 0 unspecified atom stereocenters. The molecular weight excluding hydrogens is 639 g/mol. The summed E-state index contributed by atoms with van der Waals surface area (Å²) in [5.74, 6) is -2.67. The topological polar surface area (TPSA) is 108 Å². The fourth-order valence-corrected chi connectivity index (χ4v) is 7.32. The van der Waals surface area contributed by atoms with Crippen LogP contribution in [0.3, 0.4) is 0 Å². The fourth-order valence-electron chi connectivity index (χ4n) is 5.80. The Kier molecular flexibility index (Phi) is 9.13. The number of halogens is 2. The zero-order chi connectivity index (χ0) is 34.7. The SMILES string of the molecule is Cc1cc(-c2cccnc2-c2ccc(CS(=O)(=O)Cc3ccc(-c4ncccc4-c4ccc(C#N)c(C)c4)cc3F)c(F)c2)ccc1C#N. The molecule has 0 aliphatic rings. The Balaban J connectivity index is 1.22. The molecule has 49 heavy (non-hydrogen) atoms. The van der Waals surface area contributed by atoms with Crippen LogP contribution < -0.4 is 0 Å². The van der Waals surface area contributed by atoms with Crippen molar-refractivity contribution >= 4 is 9.84 Å². The highest BCUT2D eigenvalue weighted by molar-refractivity contribution is 7.89. The lowest BCUT2D eigenvalue weighted by Crippen LogP contribution is -2.10. The van der Waals surface area contributed by atoms with Crippen molar-refractivity contribution in [3.05, 3.63) is 154 Å². The first-order valence-corrected chi connectivity index (χ1v) is 17.1. The van der Waals surface area contributed by atoms with Gasteiger partial charge < -0.3 is 0 Å². The van der Waals surface area contributed by atoms with Crippen molar-refractivity contribution in [2.45, 2.75) is 25.4 Å². The van der Waals surface area contributed by atoms with E-state index in [1.54, 1.807) is 60.9 Å². The van der Waals surface area contributed by atoms with E-state index in [0.29, 0.717) is 33.6 Å². The Morgan fingerprint density at radius 2 is 1.00 bits per heavy atom. The second kappa shape index (κ2) is 13.6. The Bertz CT molecular complexity index is 2280. The summed E-state index contributed by atoms with van der Waals surface area (Å²) < 4.78 is 57.3. The Morgan fingerprint density at radius 1 is 0.592 bits per heavy atom. The summed E-state index contributed by atoms with van der Waals surface area (Å²) in [4.78, 5) is 8.93. The van der Waals surface area contributed by atoms with E-state index in [1.165, 1.54) is 24.3 Å². The van der Waals surface area contributed by atoms with Gasteiger partial charge in [-0.2, -0.15) is 10.5 Å². The van der Waals surface area contributed by atoms with Gasteiger partial charge in [0.2, 0.25) is 0 Å². The van der Waals surface area contributed by atoms with Crippen molar-refractivity contribution in [1.82, 2.24) is 9.97 Å². The van der Waals surface area contributed by atoms with E-state index in [2.05, 4.69) is 22.1 Å². The Labute approximate surface area is 283 Å². The van der Waals surface area contributed by atoms with Gasteiger partial charge in [-0.1, -0.05) is 60.7 Å². The maximum absolute atomic E-state index is 15.4. The maximum Gasteiger partial charge on any atom is 0.158 e. The third-order valence-electron chi connectivity index (χ3n) is 8.33. The molecule has 0 radical (unpaired) electrons. The van der Waals surface area contributed by atoms with Crippen LogP contribution in [0.5, 0.6) is 0 Å². The normalized spacial score (nSPS) is 11.1. The zero-order valence-electron chi connectivity index (χ0n) is 26.6. The van der Waals surface area contributed by atoms with Gasteiger partial charge in [0.1, 0.15) is 11.6 Å². The summed E-state index contributed by atoms with van der Waals surface area (Å²) >= 11 is 0. The standard InChI is InChI=1S/C40H28F2N4O2S/c1-25-17-27(7-11-31(25)21-43)35-5-3-15-45-39(35)29-9-13-33(37(41)19-29)23-49(47,48)24-34-14-10-30(20-38(34)42)40-36(6-4-16-46-40)28-8-12-32(22-44)26(2)18-28/h3-20H,23-24H2,1-2H3. The van der Waals surface area contributed by atoms with Gasteiger partial charge in [0.25, 0.3) is 0 Å². The molecule has 6 nitrogen and oxygen atoms in total. The van der Waals surface area contributed by atoms with Crippen LogP contribution in [-0.4, -0.2) is 18.4 Å². The molecule has 0 bridgehead atoms. The molecule has 9 heteroatoms. The molecule has 0 aliphatic carbocycles. The van der Waals surface area contributed by atoms with Crippen LogP contribution in [-0.2, 0) is 21.3 Å². The molecule has 0 fully saturated rings. The number of nitriles is 2. The molecule has 2 heterocycles. The van der Waals surface area contributed by atoms with Crippen molar-refractivity contribution in [3.63, 3.8) is 0 Å². The van der Waals surface area contributed by atoms with Crippen LogP contribution in [0.4, 0.5) is 8.78 Å². The Hall–Kier alpha value is -6.03. The molecular formula is C40H28F2N4O2S.